The number of aromatic nitrogens is 3. The van der Waals surface area contributed by atoms with Crippen molar-refractivity contribution in [2.24, 2.45) is 0 Å². The monoisotopic (exact) mass is 309 g/mol. The number of halogens is 3. The normalized spacial score (nSPS) is 11.2. The minimum atomic E-state index is -2.72. The summed E-state index contributed by atoms with van der Waals surface area (Å²) in [6, 6.07) is 10.8. The van der Waals surface area contributed by atoms with E-state index in [0.29, 0.717) is 10.1 Å². The van der Waals surface area contributed by atoms with Gasteiger partial charge in [-0.25, -0.2) is 4.98 Å². The molecule has 0 bridgehead atoms. The molecule has 3 rings (SSSR count). The van der Waals surface area contributed by atoms with Gasteiger partial charge in [0, 0.05) is 6.07 Å². The van der Waals surface area contributed by atoms with E-state index in [1.165, 1.54) is 6.07 Å². The Morgan fingerprint density at radius 1 is 1.24 bits per heavy atom. The summed E-state index contributed by atoms with van der Waals surface area (Å²) in [5.41, 5.74) is 1.35. The van der Waals surface area contributed by atoms with Gasteiger partial charge >= 0.3 is 6.55 Å². The summed E-state index contributed by atoms with van der Waals surface area (Å²) in [5.74, 6) is 0.0409. The van der Waals surface area contributed by atoms with E-state index in [1.54, 1.807) is 0 Å². The molecular weight excluding hydrogens is 300 g/mol. The third-order valence-corrected chi connectivity index (χ3v) is 3.11. The predicted molar refractivity (Wildman–Crippen MR) is 74.6 cm³/mol. The molecule has 0 N–H and O–H groups in total. The van der Waals surface area contributed by atoms with Crippen LogP contribution in [0.25, 0.3) is 11.0 Å². The number of fused-ring (bicyclic) bond motifs is 1. The SMILES string of the molecule is FC(F)n1cnc2cc(Cl)nc(OCc3ccccc3)c21. The molecule has 0 amide bonds. The van der Waals surface area contributed by atoms with Crippen LogP contribution in [0.2, 0.25) is 5.15 Å². The topological polar surface area (TPSA) is 39.9 Å². The van der Waals surface area contributed by atoms with E-state index in [4.69, 9.17) is 16.3 Å². The second-order valence-corrected chi connectivity index (χ2v) is 4.71. The van der Waals surface area contributed by atoms with Gasteiger partial charge in [-0.2, -0.15) is 13.8 Å². The zero-order valence-corrected chi connectivity index (χ0v) is 11.5. The first-order chi connectivity index (χ1) is 10.1. The lowest BCUT2D eigenvalue weighted by atomic mass is 10.2. The molecule has 2 aromatic heterocycles. The third-order valence-electron chi connectivity index (χ3n) is 2.92. The second-order valence-electron chi connectivity index (χ2n) is 4.32. The van der Waals surface area contributed by atoms with Crippen molar-refractivity contribution in [3.05, 3.63) is 53.4 Å². The highest BCUT2D eigenvalue weighted by Crippen LogP contribution is 2.29. The van der Waals surface area contributed by atoms with E-state index in [-0.39, 0.29) is 23.2 Å². The van der Waals surface area contributed by atoms with Crippen LogP contribution in [0, 0.1) is 0 Å². The van der Waals surface area contributed by atoms with E-state index in [0.717, 1.165) is 11.9 Å². The average Bonchev–Trinajstić information content (AvgIpc) is 2.89. The number of hydrogen-bond acceptors (Lipinski definition) is 3. The summed E-state index contributed by atoms with van der Waals surface area (Å²) in [6.07, 6.45) is 1.04. The second kappa shape index (κ2) is 5.65. The molecule has 0 fully saturated rings. The Labute approximate surface area is 124 Å². The number of nitrogens with zero attached hydrogens (tertiary/aromatic N) is 3. The van der Waals surface area contributed by atoms with Crippen molar-refractivity contribution >= 4 is 22.6 Å². The van der Waals surface area contributed by atoms with Gasteiger partial charge in [0.05, 0.1) is 5.52 Å². The number of hydrogen-bond donors (Lipinski definition) is 0. The van der Waals surface area contributed by atoms with Gasteiger partial charge in [0.1, 0.15) is 23.6 Å². The number of alkyl halides is 2. The van der Waals surface area contributed by atoms with E-state index in [1.807, 2.05) is 30.3 Å². The number of imidazole rings is 1. The minimum absolute atomic E-state index is 0.0409. The Morgan fingerprint density at radius 3 is 2.71 bits per heavy atom. The lowest BCUT2D eigenvalue weighted by Gasteiger charge is -2.09. The van der Waals surface area contributed by atoms with Gasteiger partial charge in [-0.15, -0.1) is 0 Å². The Kier molecular flexibility index (Phi) is 3.70. The lowest BCUT2D eigenvalue weighted by Crippen LogP contribution is -2.02. The van der Waals surface area contributed by atoms with Crippen molar-refractivity contribution in [2.45, 2.75) is 13.2 Å². The molecule has 0 aliphatic rings. The van der Waals surface area contributed by atoms with Crippen LogP contribution in [0.5, 0.6) is 5.88 Å². The van der Waals surface area contributed by atoms with Crippen LogP contribution in [0.15, 0.2) is 42.7 Å². The van der Waals surface area contributed by atoms with Crippen molar-refractivity contribution in [3.63, 3.8) is 0 Å². The molecular formula is C14H10ClF2N3O. The van der Waals surface area contributed by atoms with Crippen LogP contribution < -0.4 is 4.74 Å². The number of pyridine rings is 1. The molecule has 21 heavy (non-hydrogen) atoms. The summed E-state index contributed by atoms with van der Waals surface area (Å²) in [4.78, 5) is 7.88. The summed E-state index contributed by atoms with van der Waals surface area (Å²) < 4.78 is 32.2. The fourth-order valence-corrected chi connectivity index (χ4v) is 2.15. The zero-order chi connectivity index (χ0) is 14.8. The molecule has 0 atom stereocenters. The van der Waals surface area contributed by atoms with Gasteiger partial charge in [-0.1, -0.05) is 41.9 Å². The van der Waals surface area contributed by atoms with E-state index in [2.05, 4.69) is 9.97 Å². The number of ether oxygens (including phenoxy) is 1. The summed E-state index contributed by atoms with van der Waals surface area (Å²) in [5, 5.41) is 0.144. The first kappa shape index (κ1) is 13.8. The van der Waals surface area contributed by atoms with Crippen LogP contribution >= 0.6 is 11.6 Å². The minimum Gasteiger partial charge on any atom is -0.471 e. The Balaban J connectivity index is 1.98. The maximum absolute atomic E-state index is 13.0. The van der Waals surface area contributed by atoms with Gasteiger partial charge in [0.2, 0.25) is 5.88 Å². The fraction of sp³-hybridized carbons (Fsp3) is 0.143. The zero-order valence-electron chi connectivity index (χ0n) is 10.7. The van der Waals surface area contributed by atoms with Gasteiger partial charge < -0.3 is 4.74 Å². The molecule has 3 aromatic rings. The number of rotatable bonds is 4. The van der Waals surface area contributed by atoms with E-state index < -0.39 is 6.55 Å². The van der Waals surface area contributed by atoms with Crippen molar-refractivity contribution in [1.29, 1.82) is 0 Å². The third kappa shape index (κ3) is 2.80. The largest absolute Gasteiger partial charge is 0.471 e. The maximum atomic E-state index is 13.0. The maximum Gasteiger partial charge on any atom is 0.320 e. The quantitative estimate of drug-likeness (QED) is 0.682. The molecule has 7 heteroatoms. The highest BCUT2D eigenvalue weighted by molar-refractivity contribution is 6.30. The van der Waals surface area contributed by atoms with E-state index >= 15 is 0 Å². The predicted octanol–water partition coefficient (Wildman–Crippen LogP) is 4.06. The van der Waals surface area contributed by atoms with Gasteiger partial charge in [0.15, 0.2) is 0 Å². The molecule has 108 valence electrons. The molecule has 0 aliphatic heterocycles. The first-order valence-electron chi connectivity index (χ1n) is 6.13. The van der Waals surface area contributed by atoms with Crippen molar-refractivity contribution in [2.75, 3.05) is 0 Å². The van der Waals surface area contributed by atoms with Gasteiger partial charge in [-0.05, 0) is 5.56 Å². The smallest absolute Gasteiger partial charge is 0.320 e. The molecule has 4 nitrogen and oxygen atoms in total. The van der Waals surface area contributed by atoms with Crippen LogP contribution in [0.3, 0.4) is 0 Å². The Morgan fingerprint density at radius 2 is 2.00 bits per heavy atom. The van der Waals surface area contributed by atoms with E-state index in [9.17, 15) is 8.78 Å². The molecule has 0 aliphatic carbocycles. The molecule has 1 aromatic carbocycles. The lowest BCUT2D eigenvalue weighted by molar-refractivity contribution is 0.0739. The summed E-state index contributed by atoms with van der Waals surface area (Å²) in [6.45, 7) is -2.52. The van der Waals surface area contributed by atoms with Crippen molar-refractivity contribution in [3.8, 4) is 5.88 Å². The van der Waals surface area contributed by atoms with Crippen LogP contribution in [0.1, 0.15) is 12.1 Å². The van der Waals surface area contributed by atoms with Crippen molar-refractivity contribution < 1.29 is 13.5 Å². The molecule has 0 saturated carbocycles. The van der Waals surface area contributed by atoms with Gasteiger partial charge in [-0.3, -0.25) is 4.57 Å². The molecule has 0 saturated heterocycles. The first-order valence-corrected chi connectivity index (χ1v) is 6.51. The summed E-state index contributed by atoms with van der Waals surface area (Å²) in [7, 11) is 0. The highest BCUT2D eigenvalue weighted by Gasteiger charge is 2.17. The fourth-order valence-electron chi connectivity index (χ4n) is 1.97. The molecule has 0 spiro atoms. The van der Waals surface area contributed by atoms with Crippen LogP contribution in [0.4, 0.5) is 8.78 Å². The van der Waals surface area contributed by atoms with Gasteiger partial charge in [0.25, 0.3) is 0 Å². The molecule has 0 radical (unpaired) electrons. The number of benzene rings is 1. The van der Waals surface area contributed by atoms with Crippen molar-refractivity contribution in [1.82, 2.24) is 14.5 Å². The Bertz CT molecular complexity index is 762. The molecule has 0 unspecified atom stereocenters. The highest BCUT2D eigenvalue weighted by atomic mass is 35.5. The Hall–Kier alpha value is -2.21. The van der Waals surface area contributed by atoms with Crippen LogP contribution in [-0.2, 0) is 6.61 Å². The van der Waals surface area contributed by atoms with Crippen LogP contribution in [-0.4, -0.2) is 14.5 Å². The molecule has 2 heterocycles. The average molecular weight is 310 g/mol. The summed E-state index contributed by atoms with van der Waals surface area (Å²) >= 11 is 5.87. The standard InChI is InChI=1S/C14H10ClF2N3O/c15-11-6-10-12(20(8-18-10)14(16)17)13(19-11)21-7-9-4-2-1-3-5-9/h1-6,8,14H,7H2.